The summed E-state index contributed by atoms with van der Waals surface area (Å²) < 4.78 is 25.5. The average molecular weight is 748 g/mol. The number of fused-ring (bicyclic) bond motifs is 1. The molecular formula is C35H30IN3O6S. The summed E-state index contributed by atoms with van der Waals surface area (Å²) in [6.45, 7) is 7.90. The molecule has 0 aliphatic carbocycles. The highest BCUT2D eigenvalue weighted by molar-refractivity contribution is 14.1. The van der Waals surface area contributed by atoms with Gasteiger partial charge in [-0.15, -0.1) is 0 Å². The number of halogens is 1. The second kappa shape index (κ2) is 14.6. The molecule has 2 heterocycles. The Balaban J connectivity index is 1.56. The molecule has 0 N–H and O–H groups in total. The third-order valence-electron chi connectivity index (χ3n) is 7.14. The van der Waals surface area contributed by atoms with Crippen molar-refractivity contribution in [2.75, 3.05) is 20.3 Å². The Kier molecular flexibility index (Phi) is 10.4. The molecular weight excluding hydrogens is 717 g/mol. The molecule has 1 aliphatic heterocycles. The van der Waals surface area contributed by atoms with Crippen LogP contribution in [0.25, 0.3) is 6.08 Å². The van der Waals surface area contributed by atoms with E-state index in [0.717, 1.165) is 14.7 Å². The van der Waals surface area contributed by atoms with Crippen LogP contribution in [0.1, 0.15) is 42.1 Å². The third kappa shape index (κ3) is 6.78. The van der Waals surface area contributed by atoms with E-state index in [1.165, 1.54) is 11.3 Å². The van der Waals surface area contributed by atoms with Crippen LogP contribution in [0.15, 0.2) is 94.4 Å². The number of nitrogens with zero attached hydrogens (tertiary/aromatic N) is 3. The molecule has 0 saturated carbocycles. The second-order valence-electron chi connectivity index (χ2n) is 10.1. The molecule has 1 aliphatic rings. The SMILES string of the molecule is C=CCOc1ccc([C@H]2C(C(=O)OCC)=C(C)N=c3s/c(=C\c4cc(I)c(OCc5ccccc5C#N)c(OC)c4)c(=O)n32)cc1. The number of carbonyl (C=O) groups is 1. The molecule has 46 heavy (non-hydrogen) atoms. The highest BCUT2D eigenvalue weighted by atomic mass is 127. The van der Waals surface area contributed by atoms with Crippen molar-refractivity contribution in [2.45, 2.75) is 26.5 Å². The molecule has 0 unspecified atom stereocenters. The Morgan fingerprint density at radius 1 is 1.17 bits per heavy atom. The van der Waals surface area contributed by atoms with Gasteiger partial charge >= 0.3 is 5.97 Å². The Hall–Kier alpha value is -4.67. The van der Waals surface area contributed by atoms with Gasteiger partial charge in [-0.1, -0.05) is 54.3 Å². The Bertz CT molecular complexity index is 2060. The number of hydrogen-bond donors (Lipinski definition) is 0. The fraction of sp³-hybridized carbons (Fsp3) is 0.200. The van der Waals surface area contributed by atoms with Crippen LogP contribution >= 0.6 is 33.9 Å². The number of carbonyl (C=O) groups excluding carboxylic acids is 1. The maximum Gasteiger partial charge on any atom is 0.338 e. The highest BCUT2D eigenvalue weighted by Crippen LogP contribution is 2.35. The summed E-state index contributed by atoms with van der Waals surface area (Å²) >= 11 is 3.40. The van der Waals surface area contributed by atoms with Gasteiger partial charge in [-0.05, 0) is 84.0 Å². The van der Waals surface area contributed by atoms with E-state index in [9.17, 15) is 14.9 Å². The van der Waals surface area contributed by atoms with Gasteiger partial charge in [0.15, 0.2) is 16.3 Å². The van der Waals surface area contributed by atoms with Crippen molar-refractivity contribution >= 4 is 46.0 Å². The fourth-order valence-corrected chi connectivity index (χ4v) is 6.86. The van der Waals surface area contributed by atoms with Crippen LogP contribution in [-0.4, -0.2) is 30.9 Å². The smallest absolute Gasteiger partial charge is 0.338 e. The van der Waals surface area contributed by atoms with Crippen LogP contribution in [-0.2, 0) is 16.1 Å². The summed E-state index contributed by atoms with van der Waals surface area (Å²) in [4.78, 5) is 32.4. The van der Waals surface area contributed by atoms with Crippen LogP contribution in [0.2, 0.25) is 0 Å². The molecule has 0 radical (unpaired) electrons. The zero-order valence-electron chi connectivity index (χ0n) is 25.4. The topological polar surface area (TPSA) is 112 Å². The Morgan fingerprint density at radius 3 is 2.63 bits per heavy atom. The molecule has 0 spiro atoms. The van der Waals surface area contributed by atoms with E-state index >= 15 is 0 Å². The number of ether oxygens (including phenoxy) is 4. The Labute approximate surface area is 283 Å². The minimum atomic E-state index is -0.743. The van der Waals surface area contributed by atoms with Crippen molar-refractivity contribution in [3.63, 3.8) is 0 Å². The summed E-state index contributed by atoms with van der Waals surface area (Å²) in [5.41, 5.74) is 3.23. The number of nitriles is 1. The van der Waals surface area contributed by atoms with E-state index in [1.807, 2.05) is 36.4 Å². The van der Waals surface area contributed by atoms with Gasteiger partial charge in [0.1, 0.15) is 19.0 Å². The van der Waals surface area contributed by atoms with Crippen LogP contribution in [0.4, 0.5) is 0 Å². The minimum absolute atomic E-state index is 0.187. The van der Waals surface area contributed by atoms with Crippen molar-refractivity contribution < 1.29 is 23.7 Å². The summed E-state index contributed by atoms with van der Waals surface area (Å²) in [6, 6.07) is 19.6. The lowest BCUT2D eigenvalue weighted by Gasteiger charge is -2.24. The highest BCUT2D eigenvalue weighted by Gasteiger charge is 2.33. The maximum absolute atomic E-state index is 14.1. The van der Waals surface area contributed by atoms with Crippen molar-refractivity contribution in [3.05, 3.63) is 130 Å². The monoisotopic (exact) mass is 747 g/mol. The minimum Gasteiger partial charge on any atom is -0.493 e. The van der Waals surface area contributed by atoms with Crippen LogP contribution in [0.5, 0.6) is 17.2 Å². The molecule has 1 aromatic heterocycles. The average Bonchev–Trinajstić information content (AvgIpc) is 3.36. The Morgan fingerprint density at radius 2 is 1.93 bits per heavy atom. The van der Waals surface area contributed by atoms with Gasteiger partial charge < -0.3 is 18.9 Å². The lowest BCUT2D eigenvalue weighted by atomic mass is 9.96. The lowest BCUT2D eigenvalue weighted by Crippen LogP contribution is -2.39. The molecule has 4 aromatic rings. The van der Waals surface area contributed by atoms with Crippen molar-refractivity contribution in [2.24, 2.45) is 4.99 Å². The van der Waals surface area contributed by atoms with E-state index in [2.05, 4.69) is 40.2 Å². The van der Waals surface area contributed by atoms with Gasteiger partial charge in [0.05, 0.1) is 50.8 Å². The fourth-order valence-electron chi connectivity index (χ4n) is 5.03. The molecule has 3 aromatic carbocycles. The predicted molar refractivity (Wildman–Crippen MR) is 184 cm³/mol. The molecule has 0 saturated heterocycles. The van der Waals surface area contributed by atoms with E-state index in [-0.39, 0.29) is 18.8 Å². The van der Waals surface area contributed by atoms with E-state index in [0.29, 0.717) is 55.6 Å². The molecule has 0 amide bonds. The number of esters is 1. The number of benzene rings is 3. The standard InChI is InChI=1S/C35H30IN3O6S/c1-5-15-44-26-13-11-23(12-14-26)31-30(34(41)43-6-2)21(3)38-35-39(31)33(40)29(46-35)18-22-16-27(36)32(28(17-22)42-4)45-20-25-10-8-7-9-24(25)19-37/h5,7-14,16-18,31H,1,6,15,20H2,2-4H3/b29-18-/t31-/m0/s1. The first-order chi connectivity index (χ1) is 22.3. The second-order valence-corrected chi connectivity index (χ2v) is 12.2. The summed E-state index contributed by atoms with van der Waals surface area (Å²) in [5, 5.41) is 9.43. The van der Waals surface area contributed by atoms with Gasteiger partial charge in [0.25, 0.3) is 5.56 Å². The summed E-state index contributed by atoms with van der Waals surface area (Å²) in [7, 11) is 1.55. The summed E-state index contributed by atoms with van der Waals surface area (Å²) in [5.74, 6) is 1.13. The first kappa shape index (κ1) is 32.7. The van der Waals surface area contributed by atoms with Crippen LogP contribution in [0.3, 0.4) is 0 Å². The zero-order chi connectivity index (χ0) is 32.8. The van der Waals surface area contributed by atoms with Crippen LogP contribution in [0, 0.1) is 14.9 Å². The molecule has 1 atom stereocenters. The molecule has 11 heteroatoms. The van der Waals surface area contributed by atoms with Gasteiger partial charge in [-0.25, -0.2) is 9.79 Å². The first-order valence-corrected chi connectivity index (χ1v) is 16.2. The van der Waals surface area contributed by atoms with E-state index in [4.69, 9.17) is 18.9 Å². The molecule has 0 fully saturated rings. The van der Waals surface area contributed by atoms with Crippen molar-refractivity contribution in [1.29, 1.82) is 5.26 Å². The molecule has 9 nitrogen and oxygen atoms in total. The van der Waals surface area contributed by atoms with E-state index < -0.39 is 12.0 Å². The summed E-state index contributed by atoms with van der Waals surface area (Å²) in [6.07, 6.45) is 3.43. The number of aromatic nitrogens is 1. The largest absolute Gasteiger partial charge is 0.493 e. The number of rotatable bonds is 11. The third-order valence-corrected chi connectivity index (χ3v) is 8.92. The lowest BCUT2D eigenvalue weighted by molar-refractivity contribution is -0.139. The van der Waals surface area contributed by atoms with E-state index in [1.54, 1.807) is 61.9 Å². The number of hydrogen-bond acceptors (Lipinski definition) is 9. The first-order valence-electron chi connectivity index (χ1n) is 14.3. The van der Waals surface area contributed by atoms with Gasteiger partial charge in [-0.3, -0.25) is 9.36 Å². The molecule has 5 rings (SSSR count). The zero-order valence-corrected chi connectivity index (χ0v) is 28.4. The number of methoxy groups -OCH3 is 1. The maximum atomic E-state index is 14.1. The van der Waals surface area contributed by atoms with Gasteiger partial charge in [-0.2, -0.15) is 5.26 Å². The van der Waals surface area contributed by atoms with Gasteiger partial charge in [0.2, 0.25) is 0 Å². The molecule has 0 bridgehead atoms. The predicted octanol–water partition coefficient (Wildman–Crippen LogP) is 5.43. The number of thiazole rings is 1. The quantitative estimate of drug-likeness (QED) is 0.114. The van der Waals surface area contributed by atoms with Crippen molar-refractivity contribution in [1.82, 2.24) is 4.57 Å². The van der Waals surface area contributed by atoms with Crippen LogP contribution < -0.4 is 29.1 Å². The van der Waals surface area contributed by atoms with Gasteiger partial charge in [0, 0.05) is 5.56 Å². The molecule has 234 valence electrons. The normalized spacial score (nSPS) is 14.2. The van der Waals surface area contributed by atoms with Crippen molar-refractivity contribution in [3.8, 4) is 23.3 Å². The number of allylic oxidation sites excluding steroid dienone is 1.